The zero-order chi connectivity index (χ0) is 14.7. The lowest BCUT2D eigenvalue weighted by molar-refractivity contribution is -0.139. The Kier molecular flexibility index (Phi) is 4.42. The molecule has 1 aliphatic heterocycles. The van der Waals surface area contributed by atoms with Crippen molar-refractivity contribution >= 4 is 17.6 Å². The van der Waals surface area contributed by atoms with E-state index in [0.717, 1.165) is 24.1 Å². The molecule has 0 aromatic heterocycles. The van der Waals surface area contributed by atoms with Crippen molar-refractivity contribution in [2.24, 2.45) is 5.92 Å². The van der Waals surface area contributed by atoms with Gasteiger partial charge in [0.1, 0.15) is 0 Å². The molecule has 0 saturated carbocycles. The first-order valence-electron chi connectivity index (χ1n) is 7.19. The van der Waals surface area contributed by atoms with Gasteiger partial charge in [-0.2, -0.15) is 0 Å². The Labute approximate surface area is 119 Å². The average molecular weight is 275 g/mol. The van der Waals surface area contributed by atoms with Crippen LogP contribution in [-0.2, 0) is 9.59 Å². The summed E-state index contributed by atoms with van der Waals surface area (Å²) in [5.74, 6) is -1.24. The van der Waals surface area contributed by atoms with Crippen molar-refractivity contribution in [3.8, 4) is 0 Å². The van der Waals surface area contributed by atoms with Crippen molar-refractivity contribution in [2.45, 2.75) is 39.0 Å². The summed E-state index contributed by atoms with van der Waals surface area (Å²) in [7, 11) is 0. The van der Waals surface area contributed by atoms with E-state index in [4.69, 9.17) is 0 Å². The SMILES string of the molecule is CCCC(C)C(=O)N1CCC(C(=O)O)c2ccccc21. The molecule has 1 aliphatic rings. The zero-order valence-corrected chi connectivity index (χ0v) is 12.0. The third-order valence-electron chi connectivity index (χ3n) is 3.95. The van der Waals surface area contributed by atoms with Gasteiger partial charge in [-0.05, 0) is 24.5 Å². The van der Waals surface area contributed by atoms with Crippen molar-refractivity contribution < 1.29 is 14.7 Å². The molecule has 4 nitrogen and oxygen atoms in total. The topological polar surface area (TPSA) is 57.6 Å². The van der Waals surface area contributed by atoms with Crippen molar-refractivity contribution in [1.82, 2.24) is 0 Å². The maximum absolute atomic E-state index is 12.5. The van der Waals surface area contributed by atoms with Crippen molar-refractivity contribution in [3.05, 3.63) is 29.8 Å². The second-order valence-corrected chi connectivity index (χ2v) is 5.42. The first-order chi connectivity index (χ1) is 9.56. The number of aliphatic carboxylic acids is 1. The highest BCUT2D eigenvalue weighted by Gasteiger charge is 2.33. The highest BCUT2D eigenvalue weighted by atomic mass is 16.4. The quantitative estimate of drug-likeness (QED) is 0.919. The highest BCUT2D eigenvalue weighted by molar-refractivity contribution is 5.97. The summed E-state index contributed by atoms with van der Waals surface area (Å²) in [5.41, 5.74) is 1.52. The van der Waals surface area contributed by atoms with Crippen molar-refractivity contribution in [2.75, 3.05) is 11.4 Å². The predicted octanol–water partition coefficient (Wildman–Crippen LogP) is 3.03. The minimum absolute atomic E-state index is 0.0190. The number of carboxylic acids is 1. The van der Waals surface area contributed by atoms with Gasteiger partial charge in [0.05, 0.1) is 5.92 Å². The Morgan fingerprint density at radius 2 is 2.10 bits per heavy atom. The lowest BCUT2D eigenvalue weighted by Gasteiger charge is -2.34. The number of rotatable bonds is 4. The molecule has 0 bridgehead atoms. The van der Waals surface area contributed by atoms with Gasteiger partial charge in [-0.1, -0.05) is 38.5 Å². The van der Waals surface area contributed by atoms with Crippen LogP contribution in [0.4, 0.5) is 5.69 Å². The predicted molar refractivity (Wildman–Crippen MR) is 77.9 cm³/mol. The van der Waals surface area contributed by atoms with Gasteiger partial charge in [-0.15, -0.1) is 0 Å². The molecule has 0 saturated heterocycles. The third kappa shape index (κ3) is 2.69. The third-order valence-corrected chi connectivity index (χ3v) is 3.95. The molecule has 1 N–H and O–H groups in total. The molecule has 4 heteroatoms. The van der Waals surface area contributed by atoms with Gasteiger partial charge in [-0.25, -0.2) is 0 Å². The average Bonchev–Trinajstić information content (AvgIpc) is 2.45. The fourth-order valence-electron chi connectivity index (χ4n) is 2.87. The lowest BCUT2D eigenvalue weighted by Crippen LogP contribution is -2.40. The van der Waals surface area contributed by atoms with E-state index in [1.165, 1.54) is 0 Å². The number of carboxylic acid groups (broad SMARTS) is 1. The molecule has 0 fully saturated rings. The number of hydrogen-bond donors (Lipinski definition) is 1. The van der Waals surface area contributed by atoms with E-state index in [9.17, 15) is 14.7 Å². The van der Waals surface area contributed by atoms with Crippen LogP contribution in [-0.4, -0.2) is 23.5 Å². The standard InChI is InChI=1S/C16H21NO3/c1-3-6-11(2)15(18)17-10-9-13(16(19)20)12-7-4-5-8-14(12)17/h4-5,7-8,11,13H,3,6,9-10H2,1-2H3,(H,19,20). The fraction of sp³-hybridized carbons (Fsp3) is 0.500. The number of amides is 1. The number of anilines is 1. The molecule has 1 aromatic carbocycles. The van der Waals surface area contributed by atoms with E-state index in [0.29, 0.717) is 13.0 Å². The number of nitrogens with zero attached hydrogens (tertiary/aromatic N) is 1. The summed E-state index contributed by atoms with van der Waals surface area (Å²) in [5, 5.41) is 9.30. The van der Waals surface area contributed by atoms with Gasteiger partial charge in [0.2, 0.25) is 5.91 Å². The van der Waals surface area contributed by atoms with E-state index in [1.807, 2.05) is 31.2 Å². The summed E-state index contributed by atoms with van der Waals surface area (Å²) in [6.45, 7) is 4.49. The number of para-hydroxylation sites is 1. The number of fused-ring (bicyclic) bond motifs is 1. The van der Waals surface area contributed by atoms with Crippen LogP contribution in [0.3, 0.4) is 0 Å². The second-order valence-electron chi connectivity index (χ2n) is 5.42. The summed E-state index contributed by atoms with van der Waals surface area (Å²) in [6, 6.07) is 7.35. The molecule has 2 rings (SSSR count). The Hall–Kier alpha value is -1.84. The lowest BCUT2D eigenvalue weighted by atomic mass is 9.89. The van der Waals surface area contributed by atoms with Crippen LogP contribution >= 0.6 is 0 Å². The number of carbonyl (C=O) groups excluding carboxylic acids is 1. The molecule has 1 heterocycles. The summed E-state index contributed by atoms with van der Waals surface area (Å²) >= 11 is 0. The Morgan fingerprint density at radius 3 is 2.75 bits per heavy atom. The molecule has 20 heavy (non-hydrogen) atoms. The fourth-order valence-corrected chi connectivity index (χ4v) is 2.87. The van der Waals surface area contributed by atoms with E-state index in [1.54, 1.807) is 4.90 Å². The van der Waals surface area contributed by atoms with Gasteiger partial charge < -0.3 is 10.0 Å². The largest absolute Gasteiger partial charge is 0.481 e. The highest BCUT2D eigenvalue weighted by Crippen LogP contribution is 2.36. The molecule has 108 valence electrons. The molecular weight excluding hydrogens is 254 g/mol. The van der Waals surface area contributed by atoms with Gasteiger partial charge in [0, 0.05) is 18.2 Å². The number of benzene rings is 1. The molecule has 0 aliphatic carbocycles. The van der Waals surface area contributed by atoms with Crippen LogP contribution in [0.25, 0.3) is 0 Å². The van der Waals surface area contributed by atoms with Crippen LogP contribution in [0.2, 0.25) is 0 Å². The van der Waals surface area contributed by atoms with Gasteiger partial charge >= 0.3 is 5.97 Å². The first kappa shape index (κ1) is 14.6. The van der Waals surface area contributed by atoms with Crippen LogP contribution < -0.4 is 4.90 Å². The van der Waals surface area contributed by atoms with Crippen molar-refractivity contribution in [1.29, 1.82) is 0 Å². The van der Waals surface area contributed by atoms with E-state index in [2.05, 4.69) is 6.92 Å². The van der Waals surface area contributed by atoms with Gasteiger partial charge in [0.15, 0.2) is 0 Å². The minimum Gasteiger partial charge on any atom is -0.481 e. The van der Waals surface area contributed by atoms with Crippen LogP contribution in [0.1, 0.15) is 44.6 Å². The normalized spacial score (nSPS) is 19.3. The Bertz CT molecular complexity index is 512. The monoisotopic (exact) mass is 275 g/mol. The van der Waals surface area contributed by atoms with Gasteiger partial charge in [0.25, 0.3) is 0 Å². The summed E-state index contributed by atoms with van der Waals surface area (Å²) < 4.78 is 0. The smallest absolute Gasteiger partial charge is 0.311 e. The molecule has 0 spiro atoms. The molecule has 1 aromatic rings. The summed E-state index contributed by atoms with van der Waals surface area (Å²) in [6.07, 6.45) is 2.32. The Morgan fingerprint density at radius 1 is 1.40 bits per heavy atom. The van der Waals surface area contributed by atoms with E-state index < -0.39 is 11.9 Å². The van der Waals surface area contributed by atoms with Crippen molar-refractivity contribution in [3.63, 3.8) is 0 Å². The Balaban J connectivity index is 2.32. The van der Waals surface area contributed by atoms with Crippen LogP contribution in [0, 0.1) is 5.92 Å². The molecule has 2 unspecified atom stereocenters. The van der Waals surface area contributed by atoms with Crippen LogP contribution in [0.15, 0.2) is 24.3 Å². The first-order valence-corrected chi connectivity index (χ1v) is 7.19. The number of carbonyl (C=O) groups is 2. The van der Waals surface area contributed by atoms with Gasteiger partial charge in [-0.3, -0.25) is 9.59 Å². The maximum Gasteiger partial charge on any atom is 0.311 e. The molecular formula is C16H21NO3. The van der Waals surface area contributed by atoms with E-state index in [-0.39, 0.29) is 11.8 Å². The minimum atomic E-state index is -0.814. The second kappa shape index (κ2) is 6.07. The van der Waals surface area contributed by atoms with Crippen LogP contribution in [0.5, 0.6) is 0 Å². The number of hydrogen-bond acceptors (Lipinski definition) is 2. The zero-order valence-electron chi connectivity index (χ0n) is 12.0. The summed E-state index contributed by atoms with van der Waals surface area (Å²) in [4.78, 5) is 25.6. The molecule has 1 amide bonds. The molecule has 0 radical (unpaired) electrons. The van der Waals surface area contributed by atoms with E-state index >= 15 is 0 Å². The molecule has 2 atom stereocenters. The maximum atomic E-state index is 12.5.